The fourth-order valence-electron chi connectivity index (χ4n) is 2.39. The summed E-state index contributed by atoms with van der Waals surface area (Å²) in [7, 11) is 0. The first-order valence-electron chi connectivity index (χ1n) is 7.39. The summed E-state index contributed by atoms with van der Waals surface area (Å²) in [5, 5.41) is 6.00. The van der Waals surface area contributed by atoms with Crippen molar-refractivity contribution in [2.45, 2.75) is 38.7 Å². The number of hydrogen-bond acceptors (Lipinski definition) is 4. The second-order valence-corrected chi connectivity index (χ2v) is 4.99. The van der Waals surface area contributed by atoms with Crippen molar-refractivity contribution < 1.29 is 9.53 Å². The van der Waals surface area contributed by atoms with Gasteiger partial charge in [0.25, 0.3) is 5.91 Å². The minimum absolute atomic E-state index is 0.140. The van der Waals surface area contributed by atoms with E-state index >= 15 is 0 Å². The molecule has 0 spiro atoms. The van der Waals surface area contributed by atoms with Gasteiger partial charge in [0.05, 0.1) is 12.7 Å². The Morgan fingerprint density at radius 1 is 1.45 bits per heavy atom. The number of rotatable bonds is 7. The third kappa shape index (κ3) is 4.49. The van der Waals surface area contributed by atoms with Crippen molar-refractivity contribution >= 4 is 11.6 Å². The Bertz CT molecular complexity index is 431. The molecule has 5 heteroatoms. The van der Waals surface area contributed by atoms with Gasteiger partial charge < -0.3 is 15.4 Å². The Morgan fingerprint density at radius 3 is 3.00 bits per heavy atom. The molecule has 1 aromatic rings. The van der Waals surface area contributed by atoms with E-state index in [0.29, 0.717) is 24.9 Å². The van der Waals surface area contributed by atoms with Gasteiger partial charge in [0.2, 0.25) is 0 Å². The molecule has 20 heavy (non-hydrogen) atoms. The SMILES string of the molecule is CCNC(=O)c1cc(NCCOC2CCCC2)ccn1. The van der Waals surface area contributed by atoms with Crippen LogP contribution in [0.5, 0.6) is 0 Å². The quantitative estimate of drug-likeness (QED) is 0.750. The molecule has 0 unspecified atom stereocenters. The van der Waals surface area contributed by atoms with Crippen molar-refractivity contribution in [2.75, 3.05) is 25.0 Å². The van der Waals surface area contributed by atoms with E-state index in [-0.39, 0.29) is 5.91 Å². The molecule has 1 fully saturated rings. The molecule has 1 aliphatic rings. The summed E-state index contributed by atoms with van der Waals surface area (Å²) in [4.78, 5) is 15.7. The zero-order valence-corrected chi connectivity index (χ0v) is 12.0. The van der Waals surface area contributed by atoms with E-state index in [4.69, 9.17) is 4.74 Å². The molecule has 0 atom stereocenters. The molecular weight excluding hydrogens is 254 g/mol. The van der Waals surface area contributed by atoms with Crippen LogP contribution in [-0.2, 0) is 4.74 Å². The van der Waals surface area contributed by atoms with E-state index in [9.17, 15) is 4.79 Å². The van der Waals surface area contributed by atoms with Crippen molar-refractivity contribution in [3.05, 3.63) is 24.0 Å². The third-order valence-electron chi connectivity index (χ3n) is 3.42. The number of anilines is 1. The minimum atomic E-state index is -0.140. The lowest BCUT2D eigenvalue weighted by atomic mass is 10.3. The van der Waals surface area contributed by atoms with Gasteiger partial charge in [-0.15, -0.1) is 0 Å². The Hall–Kier alpha value is -1.62. The molecule has 1 aliphatic carbocycles. The average molecular weight is 277 g/mol. The van der Waals surface area contributed by atoms with Crippen molar-refractivity contribution in [1.29, 1.82) is 0 Å². The van der Waals surface area contributed by atoms with Gasteiger partial charge in [-0.25, -0.2) is 0 Å². The molecule has 0 aliphatic heterocycles. The van der Waals surface area contributed by atoms with Crippen LogP contribution in [0.25, 0.3) is 0 Å². The van der Waals surface area contributed by atoms with Crippen LogP contribution in [0.15, 0.2) is 18.3 Å². The highest BCUT2D eigenvalue weighted by Gasteiger charge is 2.14. The third-order valence-corrected chi connectivity index (χ3v) is 3.42. The van der Waals surface area contributed by atoms with Crippen LogP contribution in [0.3, 0.4) is 0 Å². The van der Waals surface area contributed by atoms with Crippen LogP contribution in [-0.4, -0.2) is 36.7 Å². The molecule has 0 saturated heterocycles. The van der Waals surface area contributed by atoms with Gasteiger partial charge >= 0.3 is 0 Å². The normalized spacial score (nSPS) is 15.2. The van der Waals surface area contributed by atoms with Crippen molar-refractivity contribution in [1.82, 2.24) is 10.3 Å². The monoisotopic (exact) mass is 277 g/mol. The number of nitrogens with one attached hydrogen (secondary N) is 2. The van der Waals surface area contributed by atoms with Gasteiger partial charge in [-0.3, -0.25) is 9.78 Å². The first-order valence-corrected chi connectivity index (χ1v) is 7.39. The summed E-state index contributed by atoms with van der Waals surface area (Å²) in [6.07, 6.45) is 7.05. The standard InChI is InChI=1S/C15H23N3O2/c1-2-16-15(19)14-11-12(7-8-18-14)17-9-10-20-13-5-3-4-6-13/h7-8,11,13H,2-6,9-10H2,1H3,(H,16,19)(H,17,18). The summed E-state index contributed by atoms with van der Waals surface area (Å²) in [6.45, 7) is 3.94. The molecule has 1 saturated carbocycles. The maximum Gasteiger partial charge on any atom is 0.269 e. The zero-order valence-electron chi connectivity index (χ0n) is 12.0. The molecule has 2 N–H and O–H groups in total. The smallest absolute Gasteiger partial charge is 0.269 e. The highest BCUT2D eigenvalue weighted by Crippen LogP contribution is 2.20. The van der Waals surface area contributed by atoms with Crippen LogP contribution in [0.2, 0.25) is 0 Å². The Kier molecular flexibility index (Phi) is 5.80. The Labute approximate surface area is 120 Å². The van der Waals surface area contributed by atoms with Gasteiger partial charge in [-0.2, -0.15) is 0 Å². The second kappa shape index (κ2) is 7.85. The van der Waals surface area contributed by atoms with Crippen LogP contribution in [0.1, 0.15) is 43.1 Å². The van der Waals surface area contributed by atoms with E-state index < -0.39 is 0 Å². The van der Waals surface area contributed by atoms with Gasteiger partial charge in [0.15, 0.2) is 0 Å². The molecule has 1 aromatic heterocycles. The average Bonchev–Trinajstić information content (AvgIpc) is 2.97. The Morgan fingerprint density at radius 2 is 2.25 bits per heavy atom. The molecule has 0 radical (unpaired) electrons. The summed E-state index contributed by atoms with van der Waals surface area (Å²) in [5.74, 6) is -0.140. The lowest BCUT2D eigenvalue weighted by molar-refractivity contribution is 0.0659. The number of pyridine rings is 1. The topological polar surface area (TPSA) is 63.2 Å². The van der Waals surface area contributed by atoms with Crippen LogP contribution < -0.4 is 10.6 Å². The fourth-order valence-corrected chi connectivity index (χ4v) is 2.39. The van der Waals surface area contributed by atoms with Gasteiger partial charge in [-0.1, -0.05) is 12.8 Å². The van der Waals surface area contributed by atoms with E-state index in [1.807, 2.05) is 13.0 Å². The number of hydrogen-bond donors (Lipinski definition) is 2. The summed E-state index contributed by atoms with van der Waals surface area (Å²) < 4.78 is 5.78. The van der Waals surface area contributed by atoms with E-state index in [1.165, 1.54) is 25.7 Å². The van der Waals surface area contributed by atoms with Crippen molar-refractivity contribution in [3.63, 3.8) is 0 Å². The van der Waals surface area contributed by atoms with Crippen LogP contribution in [0, 0.1) is 0 Å². The highest BCUT2D eigenvalue weighted by atomic mass is 16.5. The number of amides is 1. The zero-order chi connectivity index (χ0) is 14.2. The van der Waals surface area contributed by atoms with Gasteiger partial charge in [0.1, 0.15) is 5.69 Å². The minimum Gasteiger partial charge on any atom is -0.383 e. The lowest BCUT2D eigenvalue weighted by Gasteiger charge is -2.12. The predicted octanol–water partition coefficient (Wildman–Crippen LogP) is 2.20. The molecule has 110 valence electrons. The number of ether oxygens (including phenoxy) is 1. The summed E-state index contributed by atoms with van der Waals surface area (Å²) in [6, 6.07) is 3.62. The van der Waals surface area contributed by atoms with E-state index in [2.05, 4.69) is 15.6 Å². The Balaban J connectivity index is 1.74. The van der Waals surface area contributed by atoms with Gasteiger partial charge in [0, 0.05) is 25.0 Å². The largest absolute Gasteiger partial charge is 0.383 e. The second-order valence-electron chi connectivity index (χ2n) is 4.99. The van der Waals surface area contributed by atoms with Crippen molar-refractivity contribution in [3.8, 4) is 0 Å². The number of nitrogens with zero attached hydrogens (tertiary/aromatic N) is 1. The first kappa shape index (κ1) is 14.8. The first-order chi connectivity index (χ1) is 9.79. The molecular formula is C15H23N3O2. The number of aromatic nitrogens is 1. The van der Waals surface area contributed by atoms with E-state index in [0.717, 1.165) is 12.2 Å². The van der Waals surface area contributed by atoms with Crippen LogP contribution >= 0.6 is 0 Å². The molecule has 5 nitrogen and oxygen atoms in total. The molecule has 2 rings (SSSR count). The summed E-state index contributed by atoms with van der Waals surface area (Å²) in [5.41, 5.74) is 1.34. The van der Waals surface area contributed by atoms with Crippen LogP contribution in [0.4, 0.5) is 5.69 Å². The molecule has 1 amide bonds. The fraction of sp³-hybridized carbons (Fsp3) is 0.600. The van der Waals surface area contributed by atoms with E-state index in [1.54, 1.807) is 12.3 Å². The number of carbonyl (C=O) groups excluding carboxylic acids is 1. The molecule has 0 bridgehead atoms. The molecule has 0 aromatic carbocycles. The predicted molar refractivity (Wildman–Crippen MR) is 78.9 cm³/mol. The van der Waals surface area contributed by atoms with Gasteiger partial charge in [-0.05, 0) is 31.9 Å². The molecule has 1 heterocycles. The lowest BCUT2D eigenvalue weighted by Crippen LogP contribution is -2.23. The number of carbonyl (C=O) groups is 1. The maximum absolute atomic E-state index is 11.7. The maximum atomic E-state index is 11.7. The highest BCUT2D eigenvalue weighted by molar-refractivity contribution is 5.93. The summed E-state index contributed by atoms with van der Waals surface area (Å²) >= 11 is 0. The van der Waals surface area contributed by atoms with Crippen molar-refractivity contribution in [2.24, 2.45) is 0 Å².